The Bertz CT molecular complexity index is 956. The van der Waals surface area contributed by atoms with Crippen molar-refractivity contribution in [2.75, 3.05) is 5.32 Å². The third-order valence-corrected chi connectivity index (χ3v) is 4.32. The molecule has 3 aromatic rings. The lowest BCUT2D eigenvalue weighted by Gasteiger charge is -2.13. The van der Waals surface area contributed by atoms with Crippen LogP contribution in [0.4, 0.5) is 5.69 Å². The fraction of sp³-hybridized carbons (Fsp3) is 0.368. The van der Waals surface area contributed by atoms with E-state index in [0.29, 0.717) is 29.3 Å². The molecule has 1 N–H and O–H groups in total. The van der Waals surface area contributed by atoms with Crippen LogP contribution >= 0.6 is 0 Å². The topological polar surface area (TPSA) is 99.2 Å². The Morgan fingerprint density at radius 2 is 2.04 bits per heavy atom. The van der Waals surface area contributed by atoms with Gasteiger partial charge in [0, 0.05) is 13.5 Å². The zero-order valence-corrected chi connectivity index (χ0v) is 15.8. The molecule has 0 bridgehead atoms. The average molecular weight is 370 g/mol. The molecular weight excluding hydrogens is 348 g/mol. The molecule has 2 aromatic heterocycles. The fourth-order valence-electron chi connectivity index (χ4n) is 2.72. The van der Waals surface area contributed by atoms with E-state index in [9.17, 15) is 9.59 Å². The fourth-order valence-corrected chi connectivity index (χ4v) is 2.72. The van der Waals surface area contributed by atoms with E-state index in [1.165, 1.54) is 6.92 Å². The summed E-state index contributed by atoms with van der Waals surface area (Å²) in [5.41, 5.74) is 3.59. The van der Waals surface area contributed by atoms with Crippen LogP contribution in [0.3, 0.4) is 0 Å². The van der Waals surface area contributed by atoms with Crippen molar-refractivity contribution in [2.24, 2.45) is 7.05 Å². The minimum atomic E-state index is -0.917. The monoisotopic (exact) mass is 370 g/mol. The molecule has 0 saturated heterocycles. The standard InChI is InChI=1S/C19H22N4O4/c1-11-18(12(2)23(4)22-11)21-19(25)13(3)26-17(24)10-9-16-20-14-7-5-6-8-15(14)27-16/h5-8,13H,9-10H2,1-4H3,(H,21,25)/t13-/m0/s1. The first kappa shape index (κ1) is 18.6. The van der Waals surface area contributed by atoms with Crippen molar-refractivity contribution in [2.45, 2.75) is 39.7 Å². The SMILES string of the molecule is Cc1nn(C)c(C)c1NC(=O)[C@H](C)OC(=O)CCc1nc2ccccc2o1. The predicted octanol–water partition coefficient (Wildman–Crippen LogP) is 2.68. The summed E-state index contributed by atoms with van der Waals surface area (Å²) in [5, 5.41) is 7.01. The Morgan fingerprint density at radius 1 is 1.30 bits per heavy atom. The predicted molar refractivity (Wildman–Crippen MR) is 99.2 cm³/mol. The van der Waals surface area contributed by atoms with Crippen LogP contribution in [0.5, 0.6) is 0 Å². The molecule has 27 heavy (non-hydrogen) atoms. The first-order valence-corrected chi connectivity index (χ1v) is 8.70. The number of hydrogen-bond donors (Lipinski definition) is 1. The molecule has 0 saturated carbocycles. The lowest BCUT2D eigenvalue weighted by Crippen LogP contribution is -2.30. The van der Waals surface area contributed by atoms with E-state index in [2.05, 4.69) is 15.4 Å². The van der Waals surface area contributed by atoms with Crippen LogP contribution in [-0.4, -0.2) is 32.7 Å². The second-order valence-corrected chi connectivity index (χ2v) is 6.37. The van der Waals surface area contributed by atoms with Gasteiger partial charge in [0.1, 0.15) is 5.52 Å². The highest BCUT2D eigenvalue weighted by Gasteiger charge is 2.21. The number of amides is 1. The van der Waals surface area contributed by atoms with E-state index < -0.39 is 18.0 Å². The van der Waals surface area contributed by atoms with Crippen molar-refractivity contribution in [1.82, 2.24) is 14.8 Å². The summed E-state index contributed by atoms with van der Waals surface area (Å²) in [6, 6.07) is 7.39. The molecule has 0 unspecified atom stereocenters. The second kappa shape index (κ2) is 7.61. The highest BCUT2D eigenvalue weighted by molar-refractivity contribution is 5.96. The number of anilines is 1. The van der Waals surface area contributed by atoms with Crippen LogP contribution in [0.25, 0.3) is 11.1 Å². The van der Waals surface area contributed by atoms with Gasteiger partial charge in [-0.15, -0.1) is 0 Å². The molecule has 8 heteroatoms. The molecule has 1 amide bonds. The minimum Gasteiger partial charge on any atom is -0.453 e. The molecule has 0 radical (unpaired) electrons. The van der Waals surface area contributed by atoms with Crippen LogP contribution in [-0.2, 0) is 27.8 Å². The second-order valence-electron chi connectivity index (χ2n) is 6.37. The van der Waals surface area contributed by atoms with Crippen LogP contribution < -0.4 is 5.32 Å². The minimum absolute atomic E-state index is 0.0788. The first-order valence-electron chi connectivity index (χ1n) is 8.70. The van der Waals surface area contributed by atoms with Gasteiger partial charge in [-0.2, -0.15) is 5.10 Å². The molecule has 1 aromatic carbocycles. The quantitative estimate of drug-likeness (QED) is 0.670. The van der Waals surface area contributed by atoms with Crippen molar-refractivity contribution in [3.8, 4) is 0 Å². The number of rotatable bonds is 6. The molecule has 0 aliphatic rings. The van der Waals surface area contributed by atoms with Crippen LogP contribution in [0.2, 0.25) is 0 Å². The molecule has 1 atom stereocenters. The highest BCUT2D eigenvalue weighted by atomic mass is 16.5. The van der Waals surface area contributed by atoms with E-state index in [0.717, 1.165) is 11.2 Å². The molecule has 3 rings (SSSR count). The van der Waals surface area contributed by atoms with Crippen molar-refractivity contribution in [3.05, 3.63) is 41.5 Å². The Kier molecular flexibility index (Phi) is 5.25. The van der Waals surface area contributed by atoms with Gasteiger partial charge in [-0.1, -0.05) is 12.1 Å². The lowest BCUT2D eigenvalue weighted by molar-refractivity contribution is -0.153. The number of nitrogens with zero attached hydrogens (tertiary/aromatic N) is 3. The number of ether oxygens (including phenoxy) is 1. The zero-order chi connectivity index (χ0) is 19.6. The first-order chi connectivity index (χ1) is 12.8. The number of carbonyl (C=O) groups is 2. The van der Waals surface area contributed by atoms with E-state index in [1.54, 1.807) is 18.7 Å². The van der Waals surface area contributed by atoms with Crippen LogP contribution in [0, 0.1) is 13.8 Å². The molecule has 0 spiro atoms. The van der Waals surface area contributed by atoms with E-state index in [-0.39, 0.29) is 6.42 Å². The van der Waals surface area contributed by atoms with Crippen molar-refractivity contribution < 1.29 is 18.7 Å². The Hall–Kier alpha value is -3.16. The van der Waals surface area contributed by atoms with Gasteiger partial charge in [-0.25, -0.2) is 4.98 Å². The molecule has 142 valence electrons. The maximum atomic E-state index is 12.3. The summed E-state index contributed by atoms with van der Waals surface area (Å²) in [6.07, 6.45) is -0.530. The Morgan fingerprint density at radius 3 is 2.70 bits per heavy atom. The number of para-hydroxylation sites is 2. The average Bonchev–Trinajstić information content (AvgIpc) is 3.15. The van der Waals surface area contributed by atoms with E-state index in [1.807, 2.05) is 31.2 Å². The third-order valence-electron chi connectivity index (χ3n) is 4.32. The van der Waals surface area contributed by atoms with Gasteiger partial charge in [0.25, 0.3) is 5.91 Å². The summed E-state index contributed by atoms with van der Waals surface area (Å²) in [4.78, 5) is 28.7. The van der Waals surface area contributed by atoms with Gasteiger partial charge in [0.05, 0.1) is 23.5 Å². The Labute approximate surface area is 156 Å². The number of oxazole rings is 1. The summed E-state index contributed by atoms with van der Waals surface area (Å²) in [7, 11) is 1.80. The van der Waals surface area contributed by atoms with Crippen LogP contribution in [0.1, 0.15) is 30.6 Å². The number of benzene rings is 1. The third kappa shape index (κ3) is 4.16. The number of aryl methyl sites for hydroxylation is 3. The number of carbonyl (C=O) groups excluding carboxylic acids is 2. The molecule has 0 fully saturated rings. The smallest absolute Gasteiger partial charge is 0.307 e. The number of hydrogen-bond acceptors (Lipinski definition) is 6. The van der Waals surface area contributed by atoms with Gasteiger partial charge in [-0.05, 0) is 32.9 Å². The van der Waals surface area contributed by atoms with Crippen molar-refractivity contribution in [1.29, 1.82) is 0 Å². The maximum Gasteiger partial charge on any atom is 0.307 e. The normalized spacial score (nSPS) is 12.1. The van der Waals surface area contributed by atoms with Crippen molar-refractivity contribution in [3.63, 3.8) is 0 Å². The molecular formula is C19H22N4O4. The largest absolute Gasteiger partial charge is 0.453 e. The van der Waals surface area contributed by atoms with E-state index in [4.69, 9.17) is 9.15 Å². The van der Waals surface area contributed by atoms with Crippen LogP contribution in [0.15, 0.2) is 28.7 Å². The summed E-state index contributed by atoms with van der Waals surface area (Å²) < 4.78 is 12.5. The molecule has 0 aliphatic carbocycles. The van der Waals surface area contributed by atoms with Gasteiger partial charge < -0.3 is 14.5 Å². The summed E-state index contributed by atoms with van der Waals surface area (Å²) in [6.45, 7) is 5.19. The molecule has 2 heterocycles. The van der Waals surface area contributed by atoms with Gasteiger partial charge in [0.15, 0.2) is 17.6 Å². The summed E-state index contributed by atoms with van der Waals surface area (Å²) >= 11 is 0. The van der Waals surface area contributed by atoms with Gasteiger partial charge >= 0.3 is 5.97 Å². The lowest BCUT2D eigenvalue weighted by atomic mass is 10.2. The molecule has 8 nitrogen and oxygen atoms in total. The Balaban J connectivity index is 1.52. The number of aromatic nitrogens is 3. The number of esters is 1. The maximum absolute atomic E-state index is 12.3. The number of nitrogens with one attached hydrogen (secondary N) is 1. The highest BCUT2D eigenvalue weighted by Crippen LogP contribution is 2.19. The van der Waals surface area contributed by atoms with Gasteiger partial charge in [-0.3, -0.25) is 14.3 Å². The summed E-state index contributed by atoms with van der Waals surface area (Å²) in [5.74, 6) is -0.421. The van der Waals surface area contributed by atoms with Crippen molar-refractivity contribution >= 4 is 28.7 Å². The molecule has 0 aliphatic heterocycles. The van der Waals surface area contributed by atoms with E-state index >= 15 is 0 Å². The zero-order valence-electron chi connectivity index (χ0n) is 15.8. The van der Waals surface area contributed by atoms with Gasteiger partial charge in [0.2, 0.25) is 0 Å². The number of fused-ring (bicyclic) bond motifs is 1.